The van der Waals surface area contributed by atoms with Gasteiger partial charge < -0.3 is 20.9 Å². The zero-order valence-electron chi connectivity index (χ0n) is 16.3. The van der Waals surface area contributed by atoms with Gasteiger partial charge in [-0.3, -0.25) is 4.99 Å². The third-order valence-corrected chi connectivity index (χ3v) is 4.54. The molecular weight excluding hydrogens is 413 g/mol. The van der Waals surface area contributed by atoms with Crippen LogP contribution < -0.4 is 11.1 Å². The quantitative estimate of drug-likeness (QED) is 0.244. The van der Waals surface area contributed by atoms with Gasteiger partial charge in [0, 0.05) is 25.7 Å². The lowest BCUT2D eigenvalue weighted by atomic mass is 10.0. The van der Waals surface area contributed by atoms with E-state index in [1.807, 2.05) is 0 Å². The molecule has 0 aromatic carbocycles. The highest BCUT2D eigenvalue weighted by atomic mass is 127. The van der Waals surface area contributed by atoms with Crippen molar-refractivity contribution < 1.29 is 0 Å². The van der Waals surface area contributed by atoms with E-state index >= 15 is 0 Å². The Balaban J connectivity index is 0.00000529. The minimum atomic E-state index is 0. The molecule has 0 spiro atoms. The maximum absolute atomic E-state index is 5.99. The molecule has 1 fully saturated rings. The lowest BCUT2D eigenvalue weighted by Crippen LogP contribution is -2.38. The summed E-state index contributed by atoms with van der Waals surface area (Å²) in [5, 5.41) is 3.32. The monoisotopic (exact) mass is 453 g/mol. The lowest BCUT2D eigenvalue weighted by Gasteiger charge is -2.19. The van der Waals surface area contributed by atoms with Gasteiger partial charge >= 0.3 is 0 Å². The van der Waals surface area contributed by atoms with Crippen LogP contribution in [-0.2, 0) is 0 Å². The standard InChI is InChI=1S/C18H39N5.HI/c1-16(2)8-5-9-17(3)21-18(19)20-10-6-12-23-13-7-11-22(4)14-15-23;/h16-17H,5-15H2,1-4H3,(H3,19,20,21);1H. The van der Waals surface area contributed by atoms with Crippen LogP contribution in [0.25, 0.3) is 0 Å². The van der Waals surface area contributed by atoms with E-state index in [2.05, 4.69) is 47.9 Å². The number of hydrogen-bond donors (Lipinski definition) is 2. The number of hydrogen-bond acceptors (Lipinski definition) is 3. The summed E-state index contributed by atoms with van der Waals surface area (Å²) in [6, 6.07) is 0.415. The largest absolute Gasteiger partial charge is 0.370 e. The first kappa shape index (κ1) is 23.9. The Morgan fingerprint density at radius 2 is 1.83 bits per heavy atom. The second-order valence-corrected chi connectivity index (χ2v) is 7.49. The molecule has 1 saturated heterocycles. The molecule has 6 heteroatoms. The van der Waals surface area contributed by atoms with Crippen LogP contribution in [0.15, 0.2) is 4.99 Å². The van der Waals surface area contributed by atoms with E-state index in [4.69, 9.17) is 5.73 Å². The summed E-state index contributed by atoms with van der Waals surface area (Å²) < 4.78 is 0. The second kappa shape index (κ2) is 14.1. The summed E-state index contributed by atoms with van der Waals surface area (Å²) in [7, 11) is 2.21. The van der Waals surface area contributed by atoms with Crippen LogP contribution in [0.1, 0.15) is 52.9 Å². The van der Waals surface area contributed by atoms with Crippen LogP contribution >= 0.6 is 24.0 Å². The van der Waals surface area contributed by atoms with E-state index < -0.39 is 0 Å². The Labute approximate surface area is 166 Å². The molecule has 1 heterocycles. The van der Waals surface area contributed by atoms with Crippen LogP contribution in [0.2, 0.25) is 0 Å². The number of rotatable bonds is 9. The molecule has 144 valence electrons. The lowest BCUT2D eigenvalue weighted by molar-refractivity contribution is 0.275. The molecule has 3 N–H and O–H groups in total. The number of nitrogens with zero attached hydrogens (tertiary/aromatic N) is 3. The van der Waals surface area contributed by atoms with Gasteiger partial charge in [0.2, 0.25) is 0 Å². The number of halogens is 1. The van der Waals surface area contributed by atoms with Crippen molar-refractivity contribution in [2.75, 3.05) is 46.3 Å². The zero-order valence-corrected chi connectivity index (χ0v) is 18.6. The van der Waals surface area contributed by atoms with Crippen molar-refractivity contribution in [3.63, 3.8) is 0 Å². The van der Waals surface area contributed by atoms with Crippen molar-refractivity contribution in [3.8, 4) is 0 Å². The SMILES string of the molecule is CC(C)CCCC(C)NC(N)=NCCCN1CCCN(C)CC1.I. The van der Waals surface area contributed by atoms with Gasteiger partial charge in [-0.05, 0) is 58.8 Å². The average molecular weight is 453 g/mol. The molecule has 0 radical (unpaired) electrons. The van der Waals surface area contributed by atoms with Gasteiger partial charge in [-0.1, -0.05) is 26.7 Å². The van der Waals surface area contributed by atoms with Crippen molar-refractivity contribution >= 4 is 29.9 Å². The first-order valence-electron chi connectivity index (χ1n) is 9.44. The van der Waals surface area contributed by atoms with E-state index in [1.54, 1.807) is 0 Å². The predicted octanol–water partition coefficient (Wildman–Crippen LogP) is 2.75. The Kier molecular flexibility index (Phi) is 14.1. The van der Waals surface area contributed by atoms with Crippen molar-refractivity contribution in [1.82, 2.24) is 15.1 Å². The van der Waals surface area contributed by atoms with Gasteiger partial charge in [0.05, 0.1) is 0 Å². The molecule has 0 aliphatic carbocycles. The number of likely N-dealkylation sites (N-methyl/N-ethyl adjacent to an activating group) is 1. The van der Waals surface area contributed by atoms with Gasteiger partial charge in [-0.15, -0.1) is 24.0 Å². The van der Waals surface area contributed by atoms with Crippen molar-refractivity contribution in [2.24, 2.45) is 16.6 Å². The Bertz CT molecular complexity index is 335. The Morgan fingerprint density at radius 3 is 2.54 bits per heavy atom. The van der Waals surface area contributed by atoms with Crippen molar-refractivity contribution in [2.45, 2.75) is 58.9 Å². The molecule has 0 aromatic rings. The molecule has 0 aromatic heterocycles. The smallest absolute Gasteiger partial charge is 0.188 e. The first-order chi connectivity index (χ1) is 11.0. The third kappa shape index (κ3) is 12.3. The van der Waals surface area contributed by atoms with Gasteiger partial charge in [-0.25, -0.2) is 0 Å². The van der Waals surface area contributed by atoms with E-state index in [9.17, 15) is 0 Å². The summed E-state index contributed by atoms with van der Waals surface area (Å²) in [6.07, 6.45) is 6.07. The van der Waals surface area contributed by atoms with Crippen LogP contribution in [0, 0.1) is 5.92 Å². The minimum Gasteiger partial charge on any atom is -0.370 e. The van der Waals surface area contributed by atoms with Gasteiger partial charge in [0.1, 0.15) is 0 Å². The summed E-state index contributed by atoms with van der Waals surface area (Å²) in [5.41, 5.74) is 5.99. The topological polar surface area (TPSA) is 56.9 Å². The molecule has 0 amide bonds. The molecule has 0 saturated carbocycles. The van der Waals surface area contributed by atoms with Crippen LogP contribution in [-0.4, -0.2) is 68.1 Å². The third-order valence-electron chi connectivity index (χ3n) is 4.54. The van der Waals surface area contributed by atoms with Crippen LogP contribution in [0.4, 0.5) is 0 Å². The molecule has 5 nitrogen and oxygen atoms in total. The zero-order chi connectivity index (χ0) is 17.1. The molecule has 1 rings (SSSR count). The second-order valence-electron chi connectivity index (χ2n) is 7.49. The predicted molar refractivity (Wildman–Crippen MR) is 116 cm³/mol. The van der Waals surface area contributed by atoms with E-state index in [-0.39, 0.29) is 24.0 Å². The van der Waals surface area contributed by atoms with E-state index in [0.29, 0.717) is 12.0 Å². The van der Waals surface area contributed by atoms with Crippen LogP contribution in [0.3, 0.4) is 0 Å². The van der Waals surface area contributed by atoms with Gasteiger partial charge in [0.15, 0.2) is 5.96 Å². The summed E-state index contributed by atoms with van der Waals surface area (Å²) in [6.45, 7) is 13.5. The fourth-order valence-corrected chi connectivity index (χ4v) is 3.02. The normalized spacial score (nSPS) is 19.0. The highest BCUT2D eigenvalue weighted by molar-refractivity contribution is 14.0. The summed E-state index contributed by atoms with van der Waals surface area (Å²) in [5.74, 6) is 1.39. The van der Waals surface area contributed by atoms with E-state index in [1.165, 1.54) is 45.4 Å². The molecular formula is C18H40IN5. The average Bonchev–Trinajstić information content (AvgIpc) is 2.68. The highest BCUT2D eigenvalue weighted by Crippen LogP contribution is 2.08. The first-order valence-corrected chi connectivity index (χ1v) is 9.44. The fourth-order valence-electron chi connectivity index (χ4n) is 3.02. The Hall–Kier alpha value is -0.0800. The summed E-state index contributed by atoms with van der Waals surface area (Å²) in [4.78, 5) is 9.45. The van der Waals surface area contributed by atoms with Gasteiger partial charge in [-0.2, -0.15) is 0 Å². The Morgan fingerprint density at radius 1 is 1.08 bits per heavy atom. The highest BCUT2D eigenvalue weighted by Gasteiger charge is 2.11. The fraction of sp³-hybridized carbons (Fsp3) is 0.944. The summed E-state index contributed by atoms with van der Waals surface area (Å²) >= 11 is 0. The number of nitrogens with one attached hydrogen (secondary N) is 1. The minimum absolute atomic E-state index is 0. The maximum atomic E-state index is 5.99. The van der Waals surface area contributed by atoms with E-state index in [0.717, 1.165) is 31.8 Å². The maximum Gasteiger partial charge on any atom is 0.188 e. The molecule has 0 bridgehead atoms. The van der Waals surface area contributed by atoms with Crippen molar-refractivity contribution in [1.29, 1.82) is 0 Å². The van der Waals surface area contributed by atoms with Crippen molar-refractivity contribution in [3.05, 3.63) is 0 Å². The number of aliphatic imine (C=N–C) groups is 1. The molecule has 24 heavy (non-hydrogen) atoms. The molecule has 1 unspecified atom stereocenters. The molecule has 1 aliphatic rings. The number of nitrogens with two attached hydrogens (primary N) is 1. The molecule has 1 aliphatic heterocycles. The van der Waals surface area contributed by atoms with Crippen LogP contribution in [0.5, 0.6) is 0 Å². The number of guanidine groups is 1. The van der Waals surface area contributed by atoms with Gasteiger partial charge in [0.25, 0.3) is 0 Å². The molecule has 1 atom stereocenters.